The summed E-state index contributed by atoms with van der Waals surface area (Å²) in [6.45, 7) is 6.01. The molecule has 0 aromatic heterocycles. The molecule has 1 aromatic carbocycles. The Kier molecular flexibility index (Phi) is 4.82. The molecule has 102 valence electrons. The molecule has 0 aliphatic heterocycles. The maximum Gasteiger partial charge on any atom is 0.163 e. The fourth-order valence-electron chi connectivity index (χ4n) is 2.22. The zero-order chi connectivity index (χ0) is 13.9. The lowest BCUT2D eigenvalue weighted by molar-refractivity contribution is -0.0110. The summed E-state index contributed by atoms with van der Waals surface area (Å²) in [5.74, 6) is -1.65. The lowest BCUT2D eigenvalue weighted by Crippen LogP contribution is -2.40. The Bertz CT molecular complexity index is 401. The molecular weight excluding hydrogens is 236 g/mol. The van der Waals surface area contributed by atoms with Gasteiger partial charge >= 0.3 is 0 Å². The number of rotatable bonds is 4. The van der Waals surface area contributed by atoms with Crippen LogP contribution in [-0.4, -0.2) is 20.3 Å². The molecular formula is C14H21F2NO. The minimum absolute atomic E-state index is 0.193. The minimum Gasteiger partial charge on any atom is -0.379 e. The normalized spacial score (nSPS) is 15.5. The molecule has 0 aliphatic carbocycles. The van der Waals surface area contributed by atoms with Crippen molar-refractivity contribution in [3.8, 4) is 0 Å². The smallest absolute Gasteiger partial charge is 0.163 e. The van der Waals surface area contributed by atoms with E-state index in [-0.39, 0.29) is 11.5 Å². The standard InChI is InChI=1S/C14H21F2NO/c1-14(2,3)13(18-5)12(17-4)9-7-6-8-10(15)11(9)16/h6-8,12-13,17H,1-5H3. The van der Waals surface area contributed by atoms with Gasteiger partial charge in [-0.15, -0.1) is 0 Å². The summed E-state index contributed by atoms with van der Waals surface area (Å²) in [7, 11) is 3.30. The maximum atomic E-state index is 13.9. The number of methoxy groups -OCH3 is 1. The number of likely N-dealkylation sites (N-methyl/N-ethyl adjacent to an activating group) is 1. The number of hydrogen-bond acceptors (Lipinski definition) is 2. The van der Waals surface area contributed by atoms with Crippen LogP contribution in [0, 0.1) is 17.0 Å². The van der Waals surface area contributed by atoms with Crippen molar-refractivity contribution >= 4 is 0 Å². The summed E-state index contributed by atoms with van der Waals surface area (Å²) >= 11 is 0. The fourth-order valence-corrected chi connectivity index (χ4v) is 2.22. The third-order valence-electron chi connectivity index (χ3n) is 3.04. The minimum atomic E-state index is -0.837. The van der Waals surface area contributed by atoms with E-state index in [2.05, 4.69) is 5.32 Å². The molecule has 0 spiro atoms. The van der Waals surface area contributed by atoms with E-state index >= 15 is 0 Å². The van der Waals surface area contributed by atoms with Crippen molar-refractivity contribution in [1.29, 1.82) is 0 Å². The molecule has 0 fully saturated rings. The summed E-state index contributed by atoms with van der Waals surface area (Å²) in [5.41, 5.74) is 0.0977. The van der Waals surface area contributed by atoms with Gasteiger partial charge < -0.3 is 10.1 Å². The molecule has 2 nitrogen and oxygen atoms in total. The van der Waals surface area contributed by atoms with Gasteiger partial charge in [0, 0.05) is 12.7 Å². The molecule has 2 atom stereocenters. The van der Waals surface area contributed by atoms with Crippen LogP contribution in [0.1, 0.15) is 32.4 Å². The van der Waals surface area contributed by atoms with Gasteiger partial charge in [-0.05, 0) is 18.5 Å². The zero-order valence-corrected chi connectivity index (χ0v) is 11.6. The molecule has 18 heavy (non-hydrogen) atoms. The average Bonchev–Trinajstić information content (AvgIpc) is 2.28. The van der Waals surface area contributed by atoms with E-state index in [1.807, 2.05) is 20.8 Å². The third kappa shape index (κ3) is 3.06. The lowest BCUT2D eigenvalue weighted by atomic mass is 9.82. The molecule has 0 radical (unpaired) electrons. The Balaban J connectivity index is 3.20. The zero-order valence-electron chi connectivity index (χ0n) is 11.6. The highest BCUT2D eigenvalue weighted by molar-refractivity contribution is 5.24. The van der Waals surface area contributed by atoms with Gasteiger partial charge in [0.1, 0.15) is 0 Å². The second-order valence-electron chi connectivity index (χ2n) is 5.43. The highest BCUT2D eigenvalue weighted by Crippen LogP contribution is 2.33. The molecule has 0 aliphatic rings. The number of ether oxygens (including phenoxy) is 1. The number of nitrogens with one attached hydrogen (secondary N) is 1. The maximum absolute atomic E-state index is 13.9. The molecule has 0 heterocycles. The van der Waals surface area contributed by atoms with Crippen molar-refractivity contribution in [3.63, 3.8) is 0 Å². The van der Waals surface area contributed by atoms with Crippen LogP contribution in [0.3, 0.4) is 0 Å². The predicted molar refractivity (Wildman–Crippen MR) is 68.4 cm³/mol. The Morgan fingerprint density at radius 2 is 1.83 bits per heavy atom. The van der Waals surface area contributed by atoms with Crippen LogP contribution in [0.4, 0.5) is 8.78 Å². The van der Waals surface area contributed by atoms with Crippen LogP contribution >= 0.6 is 0 Å². The Morgan fingerprint density at radius 1 is 1.22 bits per heavy atom. The molecule has 4 heteroatoms. The lowest BCUT2D eigenvalue weighted by Gasteiger charge is -2.36. The molecule has 0 amide bonds. The summed E-state index contributed by atoms with van der Waals surface area (Å²) in [6.07, 6.45) is -0.265. The van der Waals surface area contributed by atoms with E-state index in [9.17, 15) is 8.78 Å². The molecule has 1 aromatic rings. The predicted octanol–water partition coefficient (Wildman–Crippen LogP) is 3.29. The van der Waals surface area contributed by atoms with Crippen molar-refractivity contribution in [2.24, 2.45) is 5.41 Å². The summed E-state index contributed by atoms with van der Waals surface area (Å²) in [6, 6.07) is 3.81. The van der Waals surface area contributed by atoms with Crippen molar-refractivity contribution in [1.82, 2.24) is 5.32 Å². The van der Waals surface area contributed by atoms with Crippen LogP contribution in [0.2, 0.25) is 0 Å². The topological polar surface area (TPSA) is 21.3 Å². The van der Waals surface area contributed by atoms with Gasteiger partial charge in [0.25, 0.3) is 0 Å². The number of benzene rings is 1. The number of hydrogen-bond donors (Lipinski definition) is 1. The van der Waals surface area contributed by atoms with E-state index in [1.165, 1.54) is 6.07 Å². The third-order valence-corrected chi connectivity index (χ3v) is 3.04. The first-order chi connectivity index (χ1) is 8.32. The van der Waals surface area contributed by atoms with Gasteiger partial charge in [-0.25, -0.2) is 8.78 Å². The van der Waals surface area contributed by atoms with Crippen LogP contribution in [-0.2, 0) is 4.74 Å². The van der Waals surface area contributed by atoms with E-state index in [0.29, 0.717) is 5.56 Å². The van der Waals surface area contributed by atoms with Gasteiger partial charge in [-0.1, -0.05) is 32.9 Å². The van der Waals surface area contributed by atoms with Gasteiger partial charge in [0.15, 0.2) is 11.6 Å². The second-order valence-corrected chi connectivity index (χ2v) is 5.43. The van der Waals surface area contributed by atoms with Gasteiger partial charge in [0.05, 0.1) is 12.1 Å². The second kappa shape index (κ2) is 5.76. The first-order valence-corrected chi connectivity index (χ1v) is 5.97. The summed E-state index contributed by atoms with van der Waals surface area (Å²) in [4.78, 5) is 0. The number of halogens is 2. The first kappa shape index (κ1) is 15.1. The van der Waals surface area contributed by atoms with Crippen molar-refractivity contribution in [2.45, 2.75) is 32.9 Å². The van der Waals surface area contributed by atoms with Gasteiger partial charge in [-0.2, -0.15) is 0 Å². The summed E-state index contributed by atoms with van der Waals surface area (Å²) < 4.78 is 32.6. The van der Waals surface area contributed by atoms with Crippen LogP contribution in [0.25, 0.3) is 0 Å². The molecule has 0 saturated carbocycles. The van der Waals surface area contributed by atoms with E-state index in [1.54, 1.807) is 20.2 Å². The molecule has 0 bridgehead atoms. The molecule has 1 N–H and O–H groups in total. The van der Waals surface area contributed by atoms with Gasteiger partial charge in [-0.3, -0.25) is 0 Å². The fraction of sp³-hybridized carbons (Fsp3) is 0.571. The van der Waals surface area contributed by atoms with Crippen molar-refractivity contribution < 1.29 is 13.5 Å². The van der Waals surface area contributed by atoms with Crippen LogP contribution in [0.5, 0.6) is 0 Å². The Hall–Kier alpha value is -1.00. The van der Waals surface area contributed by atoms with Gasteiger partial charge in [0.2, 0.25) is 0 Å². The van der Waals surface area contributed by atoms with Crippen LogP contribution < -0.4 is 5.32 Å². The van der Waals surface area contributed by atoms with Crippen molar-refractivity contribution in [2.75, 3.05) is 14.2 Å². The van der Waals surface area contributed by atoms with E-state index in [4.69, 9.17) is 4.74 Å². The Morgan fingerprint density at radius 3 is 2.28 bits per heavy atom. The van der Waals surface area contributed by atoms with Crippen molar-refractivity contribution in [3.05, 3.63) is 35.4 Å². The highest BCUT2D eigenvalue weighted by atomic mass is 19.2. The van der Waals surface area contributed by atoms with E-state index in [0.717, 1.165) is 6.07 Å². The average molecular weight is 257 g/mol. The molecule has 0 saturated heterocycles. The monoisotopic (exact) mass is 257 g/mol. The highest BCUT2D eigenvalue weighted by Gasteiger charge is 2.34. The molecule has 1 rings (SSSR count). The SMILES string of the molecule is CNC(c1cccc(F)c1F)C(OC)C(C)(C)C. The quantitative estimate of drug-likeness (QED) is 0.893. The van der Waals surface area contributed by atoms with E-state index < -0.39 is 17.7 Å². The Labute approximate surface area is 107 Å². The first-order valence-electron chi connectivity index (χ1n) is 5.97. The summed E-state index contributed by atoms with van der Waals surface area (Å²) in [5, 5.41) is 3.01. The largest absolute Gasteiger partial charge is 0.379 e. The molecule has 2 unspecified atom stereocenters. The van der Waals surface area contributed by atoms with Crippen LogP contribution in [0.15, 0.2) is 18.2 Å².